The summed E-state index contributed by atoms with van der Waals surface area (Å²) in [7, 11) is 0. The van der Waals surface area contributed by atoms with E-state index in [1.165, 1.54) is 12.3 Å². The van der Waals surface area contributed by atoms with Gasteiger partial charge in [-0.2, -0.15) is 5.26 Å². The molecule has 0 aliphatic heterocycles. The molecule has 96 valence electrons. The molecule has 1 unspecified atom stereocenters. The number of hydrogen-bond donors (Lipinski definition) is 1. The summed E-state index contributed by atoms with van der Waals surface area (Å²) in [6, 6.07) is 3.43. The molecule has 0 aromatic carbocycles. The van der Waals surface area contributed by atoms with Crippen LogP contribution in [0.1, 0.15) is 25.8 Å². The van der Waals surface area contributed by atoms with E-state index in [1.807, 2.05) is 19.9 Å². The van der Waals surface area contributed by atoms with Crippen molar-refractivity contribution in [3.05, 3.63) is 22.8 Å². The number of carbonyl (C=O) groups is 1. The second kappa shape index (κ2) is 6.22. The van der Waals surface area contributed by atoms with Crippen LogP contribution in [0.2, 0.25) is 5.02 Å². The lowest BCUT2D eigenvalue weighted by atomic mass is 10.2. The summed E-state index contributed by atoms with van der Waals surface area (Å²) in [5.41, 5.74) is 0.292. The van der Waals surface area contributed by atoms with Crippen LogP contribution in [0.5, 0.6) is 0 Å². The van der Waals surface area contributed by atoms with Crippen LogP contribution in [0.15, 0.2) is 12.3 Å². The molecule has 5 nitrogen and oxygen atoms in total. The van der Waals surface area contributed by atoms with Crippen LogP contribution in [0, 0.1) is 11.3 Å². The number of anilines is 1. The van der Waals surface area contributed by atoms with Crippen LogP contribution in [0.4, 0.5) is 5.82 Å². The minimum atomic E-state index is -0.962. The van der Waals surface area contributed by atoms with Crippen molar-refractivity contribution in [3.63, 3.8) is 0 Å². The Morgan fingerprint density at radius 3 is 2.89 bits per heavy atom. The number of halogens is 1. The molecule has 1 rings (SSSR count). The lowest BCUT2D eigenvalue weighted by Gasteiger charge is -2.28. The number of hydrogen-bond acceptors (Lipinski definition) is 4. The van der Waals surface area contributed by atoms with Crippen LogP contribution in [0.25, 0.3) is 0 Å². The Hall–Kier alpha value is -1.80. The second-order valence-corrected chi connectivity index (χ2v) is 4.26. The number of nitrogens with zero attached hydrogens (tertiary/aromatic N) is 3. The van der Waals surface area contributed by atoms with Crippen molar-refractivity contribution in [2.24, 2.45) is 0 Å². The maximum Gasteiger partial charge on any atom is 0.323 e. The van der Waals surface area contributed by atoms with Crippen molar-refractivity contribution in [3.8, 4) is 6.07 Å². The van der Waals surface area contributed by atoms with Crippen LogP contribution in [0.3, 0.4) is 0 Å². The van der Waals surface area contributed by atoms with E-state index in [0.717, 1.165) is 6.42 Å². The maximum atomic E-state index is 10.9. The first kappa shape index (κ1) is 14.3. The summed E-state index contributed by atoms with van der Waals surface area (Å²) in [4.78, 5) is 16.6. The first-order chi connectivity index (χ1) is 8.51. The van der Waals surface area contributed by atoms with Crippen molar-refractivity contribution in [2.75, 3.05) is 11.4 Å². The molecule has 6 heteroatoms. The molecule has 0 aliphatic rings. The summed E-state index contributed by atoms with van der Waals surface area (Å²) in [5, 5.41) is 18.0. The zero-order chi connectivity index (χ0) is 13.7. The number of rotatable bonds is 5. The van der Waals surface area contributed by atoms with Gasteiger partial charge in [0.1, 0.15) is 23.5 Å². The molecular weight excluding hydrogens is 254 g/mol. The third kappa shape index (κ3) is 3.11. The fraction of sp³-hybridized carbons (Fsp3) is 0.417. The molecule has 0 saturated heterocycles. The van der Waals surface area contributed by atoms with E-state index in [9.17, 15) is 4.79 Å². The molecule has 0 spiro atoms. The Morgan fingerprint density at radius 1 is 1.72 bits per heavy atom. The Morgan fingerprint density at radius 2 is 2.39 bits per heavy atom. The fourth-order valence-electron chi connectivity index (χ4n) is 1.52. The molecule has 18 heavy (non-hydrogen) atoms. The summed E-state index contributed by atoms with van der Waals surface area (Å²) in [6.45, 7) is 3.64. The van der Waals surface area contributed by atoms with Crippen molar-refractivity contribution in [1.29, 1.82) is 5.26 Å². The Labute approximate surface area is 111 Å². The van der Waals surface area contributed by atoms with Crippen molar-refractivity contribution >= 4 is 23.4 Å². The largest absolute Gasteiger partial charge is 0.480 e. The van der Waals surface area contributed by atoms with Crippen LogP contribution >= 0.6 is 11.6 Å². The predicted molar refractivity (Wildman–Crippen MR) is 68.7 cm³/mol. The van der Waals surface area contributed by atoms with Gasteiger partial charge >= 0.3 is 5.97 Å². The molecule has 1 heterocycles. The van der Waals surface area contributed by atoms with Crippen molar-refractivity contribution < 1.29 is 9.90 Å². The summed E-state index contributed by atoms with van der Waals surface area (Å²) in [6.07, 6.45) is 2.21. The van der Waals surface area contributed by atoms with Gasteiger partial charge in [-0.3, -0.25) is 4.79 Å². The fourth-order valence-corrected chi connectivity index (χ4v) is 1.79. The Bertz CT molecular complexity index is 485. The highest BCUT2D eigenvalue weighted by atomic mass is 35.5. The predicted octanol–water partition coefficient (Wildman–Crippen LogP) is 2.30. The topological polar surface area (TPSA) is 77.2 Å². The van der Waals surface area contributed by atoms with E-state index in [-0.39, 0.29) is 17.6 Å². The monoisotopic (exact) mass is 267 g/mol. The van der Waals surface area contributed by atoms with Gasteiger partial charge in [0.05, 0.1) is 5.56 Å². The Balaban J connectivity index is 3.21. The van der Waals surface area contributed by atoms with E-state index >= 15 is 0 Å². The van der Waals surface area contributed by atoms with Crippen LogP contribution in [-0.4, -0.2) is 28.6 Å². The number of pyridine rings is 1. The molecule has 0 aliphatic carbocycles. The van der Waals surface area contributed by atoms with Gasteiger partial charge in [0, 0.05) is 12.2 Å². The van der Waals surface area contributed by atoms with Gasteiger partial charge in [0.2, 0.25) is 0 Å². The highest BCUT2D eigenvalue weighted by Crippen LogP contribution is 2.28. The van der Waals surface area contributed by atoms with Gasteiger partial charge in [-0.1, -0.05) is 18.5 Å². The molecule has 1 aromatic heterocycles. The van der Waals surface area contributed by atoms with Gasteiger partial charge in [0.25, 0.3) is 0 Å². The molecule has 0 radical (unpaired) electrons. The number of carboxylic acids is 1. The summed E-state index contributed by atoms with van der Waals surface area (Å²) >= 11 is 6.07. The number of aliphatic carboxylic acids is 1. The normalized spacial score (nSPS) is 11.7. The molecule has 0 fully saturated rings. The summed E-state index contributed by atoms with van der Waals surface area (Å²) < 4.78 is 0. The van der Waals surface area contributed by atoms with Crippen molar-refractivity contribution in [1.82, 2.24) is 4.98 Å². The smallest absolute Gasteiger partial charge is 0.323 e. The van der Waals surface area contributed by atoms with Gasteiger partial charge in [0.15, 0.2) is 0 Å². The van der Waals surface area contributed by atoms with E-state index in [4.69, 9.17) is 22.0 Å². The average molecular weight is 268 g/mol. The van der Waals surface area contributed by atoms with E-state index < -0.39 is 5.97 Å². The average Bonchev–Trinajstić information content (AvgIpc) is 2.35. The van der Waals surface area contributed by atoms with Crippen LogP contribution < -0.4 is 4.90 Å². The lowest BCUT2D eigenvalue weighted by molar-refractivity contribution is -0.135. The van der Waals surface area contributed by atoms with Gasteiger partial charge in [-0.25, -0.2) is 4.98 Å². The van der Waals surface area contributed by atoms with Crippen LogP contribution in [-0.2, 0) is 4.79 Å². The number of aromatic nitrogens is 1. The lowest BCUT2D eigenvalue weighted by Crippen LogP contribution is -2.38. The van der Waals surface area contributed by atoms with E-state index in [1.54, 1.807) is 4.90 Å². The molecular formula is C12H14ClN3O2. The van der Waals surface area contributed by atoms with E-state index in [2.05, 4.69) is 4.98 Å². The SMILES string of the molecule is CCC(C)N(CC(=O)O)c1nccc(C#N)c1Cl. The highest BCUT2D eigenvalue weighted by molar-refractivity contribution is 6.34. The van der Waals surface area contributed by atoms with E-state index in [0.29, 0.717) is 11.4 Å². The minimum absolute atomic E-state index is 0.0277. The van der Waals surface area contributed by atoms with Gasteiger partial charge in [-0.15, -0.1) is 0 Å². The number of carboxylic acid groups (broad SMARTS) is 1. The minimum Gasteiger partial charge on any atom is -0.480 e. The first-order valence-electron chi connectivity index (χ1n) is 5.54. The highest BCUT2D eigenvalue weighted by Gasteiger charge is 2.21. The second-order valence-electron chi connectivity index (χ2n) is 3.89. The van der Waals surface area contributed by atoms with Gasteiger partial charge < -0.3 is 10.0 Å². The zero-order valence-electron chi connectivity index (χ0n) is 10.2. The molecule has 1 N–H and O–H groups in total. The zero-order valence-corrected chi connectivity index (χ0v) is 11.0. The quantitative estimate of drug-likeness (QED) is 0.886. The third-order valence-corrected chi connectivity index (χ3v) is 3.06. The summed E-state index contributed by atoms with van der Waals surface area (Å²) in [5.74, 6) is -0.622. The molecule has 1 aromatic rings. The molecule has 1 atom stereocenters. The number of nitriles is 1. The first-order valence-corrected chi connectivity index (χ1v) is 5.92. The molecule has 0 bridgehead atoms. The molecule has 0 amide bonds. The molecule has 0 saturated carbocycles. The van der Waals surface area contributed by atoms with Crippen molar-refractivity contribution in [2.45, 2.75) is 26.3 Å². The third-order valence-electron chi connectivity index (χ3n) is 2.69. The maximum absolute atomic E-state index is 10.9. The Kier molecular flexibility index (Phi) is 4.93. The standard InChI is InChI=1S/C12H14ClN3O2/c1-3-8(2)16(7-10(17)18)12-11(13)9(6-14)4-5-15-12/h4-5,8H,3,7H2,1-2H3,(H,17,18). The van der Waals surface area contributed by atoms with Gasteiger partial charge in [-0.05, 0) is 19.4 Å².